The van der Waals surface area contributed by atoms with Gasteiger partial charge >= 0.3 is 6.03 Å². The molecule has 2 aliphatic heterocycles. The van der Waals surface area contributed by atoms with E-state index in [1.165, 1.54) is 24.8 Å². The molecule has 2 heterocycles. The number of hydrogen-bond acceptors (Lipinski definition) is 3. The van der Waals surface area contributed by atoms with E-state index in [2.05, 4.69) is 43.3 Å². The molecule has 0 aromatic heterocycles. The van der Waals surface area contributed by atoms with E-state index in [4.69, 9.17) is 5.73 Å². The van der Waals surface area contributed by atoms with Crippen molar-refractivity contribution in [3.05, 3.63) is 29.8 Å². The van der Waals surface area contributed by atoms with E-state index in [1.54, 1.807) is 0 Å². The zero-order valence-electron chi connectivity index (χ0n) is 14.7. The molecule has 2 saturated heterocycles. The summed E-state index contributed by atoms with van der Waals surface area (Å²) in [6.45, 7) is 2.65. The summed E-state index contributed by atoms with van der Waals surface area (Å²) in [5.41, 5.74) is 8.96. The molecule has 24 heavy (non-hydrogen) atoms. The number of carbonyl (C=O) groups excluding carboxylic acids is 1. The first-order valence-corrected chi connectivity index (χ1v) is 9.09. The molecule has 2 amide bonds. The average Bonchev–Trinajstić information content (AvgIpc) is 3.18. The van der Waals surface area contributed by atoms with Gasteiger partial charge in [-0.2, -0.15) is 0 Å². The minimum Gasteiger partial charge on any atom is -0.326 e. The summed E-state index contributed by atoms with van der Waals surface area (Å²) in [6, 6.07) is 9.14. The number of amides is 2. The van der Waals surface area contributed by atoms with Gasteiger partial charge in [-0.1, -0.05) is 12.1 Å². The van der Waals surface area contributed by atoms with Crippen LogP contribution in [0.3, 0.4) is 0 Å². The van der Waals surface area contributed by atoms with Gasteiger partial charge in [-0.25, -0.2) is 4.79 Å². The van der Waals surface area contributed by atoms with Crippen molar-refractivity contribution in [2.45, 2.75) is 43.2 Å². The summed E-state index contributed by atoms with van der Waals surface area (Å²) in [5, 5.41) is 0. The minimum absolute atomic E-state index is 0.120. The van der Waals surface area contributed by atoms with Crippen LogP contribution in [0.1, 0.15) is 31.2 Å². The molecule has 0 spiro atoms. The van der Waals surface area contributed by atoms with Gasteiger partial charge in [0.25, 0.3) is 0 Å². The van der Waals surface area contributed by atoms with Gasteiger partial charge in [-0.05, 0) is 69.4 Å². The number of benzene rings is 1. The van der Waals surface area contributed by atoms with E-state index >= 15 is 0 Å². The van der Waals surface area contributed by atoms with Gasteiger partial charge < -0.3 is 15.5 Å². The van der Waals surface area contributed by atoms with Crippen LogP contribution in [0.5, 0.6) is 0 Å². The first-order valence-electron chi connectivity index (χ1n) is 9.09. The molecular weight excluding hydrogens is 300 g/mol. The average molecular weight is 328 g/mol. The molecule has 1 saturated carbocycles. The van der Waals surface area contributed by atoms with Crippen molar-refractivity contribution in [2.75, 3.05) is 38.6 Å². The Morgan fingerprint density at radius 2 is 1.96 bits per heavy atom. The molecule has 3 fully saturated rings. The predicted octanol–water partition coefficient (Wildman–Crippen LogP) is 2.01. The number of nitrogens with zero attached hydrogens (tertiary/aromatic N) is 3. The van der Waals surface area contributed by atoms with Crippen LogP contribution in [0.25, 0.3) is 0 Å². The van der Waals surface area contributed by atoms with Crippen molar-refractivity contribution in [2.24, 2.45) is 5.73 Å². The Morgan fingerprint density at radius 1 is 1.25 bits per heavy atom. The van der Waals surface area contributed by atoms with Gasteiger partial charge in [-0.15, -0.1) is 0 Å². The van der Waals surface area contributed by atoms with Crippen molar-refractivity contribution in [1.82, 2.24) is 9.80 Å². The maximum Gasteiger partial charge on any atom is 0.324 e. The maximum absolute atomic E-state index is 12.6. The molecule has 2 atom stereocenters. The highest BCUT2D eigenvalue weighted by Crippen LogP contribution is 2.51. The van der Waals surface area contributed by atoms with Gasteiger partial charge in [0.1, 0.15) is 0 Å². The van der Waals surface area contributed by atoms with Crippen LogP contribution in [-0.4, -0.2) is 61.6 Å². The Morgan fingerprint density at radius 3 is 2.54 bits per heavy atom. The summed E-state index contributed by atoms with van der Waals surface area (Å²) < 4.78 is 0. The van der Waals surface area contributed by atoms with Crippen molar-refractivity contribution in [3.63, 3.8) is 0 Å². The Kier molecular flexibility index (Phi) is 3.81. The molecule has 5 heteroatoms. The molecule has 1 aromatic carbocycles. The molecule has 130 valence electrons. The fourth-order valence-corrected chi connectivity index (χ4v) is 4.25. The highest BCUT2D eigenvalue weighted by Gasteiger charge is 2.46. The lowest BCUT2D eigenvalue weighted by Gasteiger charge is -2.21. The van der Waals surface area contributed by atoms with Gasteiger partial charge in [0, 0.05) is 24.8 Å². The van der Waals surface area contributed by atoms with Crippen LogP contribution in [0.4, 0.5) is 10.5 Å². The van der Waals surface area contributed by atoms with E-state index in [0.29, 0.717) is 5.41 Å². The molecule has 2 N–H and O–H groups in total. The number of hydrogen-bond donors (Lipinski definition) is 1. The fourth-order valence-electron chi connectivity index (χ4n) is 4.25. The zero-order valence-corrected chi connectivity index (χ0v) is 14.7. The quantitative estimate of drug-likeness (QED) is 0.899. The third-order valence-electron chi connectivity index (χ3n) is 6.13. The summed E-state index contributed by atoms with van der Waals surface area (Å²) >= 11 is 0. The number of rotatable bonds is 5. The molecule has 0 radical (unpaired) electrons. The van der Waals surface area contributed by atoms with Gasteiger partial charge in [0.05, 0.1) is 6.04 Å². The van der Waals surface area contributed by atoms with E-state index in [1.807, 2.05) is 9.80 Å². The molecule has 0 bridgehead atoms. The molecular formula is C19H28N4O. The fraction of sp³-hybridized carbons (Fsp3) is 0.632. The zero-order chi connectivity index (χ0) is 16.9. The van der Waals surface area contributed by atoms with Gasteiger partial charge in [-0.3, -0.25) is 4.90 Å². The Labute approximate surface area is 144 Å². The second-order valence-electron chi connectivity index (χ2n) is 7.99. The lowest BCUT2D eigenvalue weighted by molar-refractivity contribution is 0.218. The molecule has 3 aliphatic rings. The summed E-state index contributed by atoms with van der Waals surface area (Å²) in [6.07, 6.45) is 4.71. The highest BCUT2D eigenvalue weighted by molar-refractivity contribution is 5.95. The number of fused-ring (bicyclic) bond motifs is 1. The number of urea groups is 1. The monoisotopic (exact) mass is 328 g/mol. The largest absolute Gasteiger partial charge is 0.326 e. The van der Waals surface area contributed by atoms with Crippen LogP contribution in [0.15, 0.2) is 24.3 Å². The van der Waals surface area contributed by atoms with E-state index < -0.39 is 0 Å². The second kappa shape index (κ2) is 5.74. The number of anilines is 1. The standard InChI is InChI=1S/C19H28N4O/c1-21(2)12-10-19(8-9-19)14-3-5-15(6-4-14)23-13-17-16(20)7-11-22(17)18(23)24/h3-6,16-17H,7-13,20H2,1-2H3/t16-,17-/m1/s1. The Hall–Kier alpha value is -1.59. The van der Waals surface area contributed by atoms with Crippen LogP contribution in [0.2, 0.25) is 0 Å². The highest BCUT2D eigenvalue weighted by atomic mass is 16.2. The predicted molar refractivity (Wildman–Crippen MR) is 96.4 cm³/mol. The van der Waals surface area contributed by atoms with Crippen molar-refractivity contribution in [1.29, 1.82) is 0 Å². The van der Waals surface area contributed by atoms with Crippen LogP contribution in [-0.2, 0) is 5.41 Å². The first-order chi connectivity index (χ1) is 11.5. The minimum atomic E-state index is 0.120. The van der Waals surface area contributed by atoms with Crippen LogP contribution < -0.4 is 10.6 Å². The van der Waals surface area contributed by atoms with E-state index in [0.717, 1.165) is 31.7 Å². The lowest BCUT2D eigenvalue weighted by atomic mass is 9.92. The normalized spacial score (nSPS) is 27.9. The van der Waals surface area contributed by atoms with Crippen molar-refractivity contribution < 1.29 is 4.79 Å². The van der Waals surface area contributed by atoms with Crippen molar-refractivity contribution >= 4 is 11.7 Å². The third kappa shape index (κ3) is 2.60. The Balaban J connectivity index is 1.48. The smallest absolute Gasteiger partial charge is 0.324 e. The summed E-state index contributed by atoms with van der Waals surface area (Å²) in [4.78, 5) is 18.7. The molecule has 1 aromatic rings. The second-order valence-corrected chi connectivity index (χ2v) is 7.99. The third-order valence-corrected chi connectivity index (χ3v) is 6.13. The molecule has 0 unspecified atom stereocenters. The SMILES string of the molecule is CN(C)CCC1(c2ccc(N3C[C@@H]4[C@H](N)CCN4C3=O)cc2)CC1. The van der Waals surface area contributed by atoms with Gasteiger partial charge in [0.2, 0.25) is 0 Å². The van der Waals surface area contributed by atoms with Gasteiger partial charge in [0.15, 0.2) is 0 Å². The van der Waals surface area contributed by atoms with Crippen LogP contribution >= 0.6 is 0 Å². The number of carbonyl (C=O) groups is 1. The van der Waals surface area contributed by atoms with Crippen molar-refractivity contribution in [3.8, 4) is 0 Å². The van der Waals surface area contributed by atoms with E-state index in [9.17, 15) is 4.79 Å². The molecule has 4 rings (SSSR count). The molecule has 1 aliphatic carbocycles. The molecule has 5 nitrogen and oxygen atoms in total. The summed E-state index contributed by atoms with van der Waals surface area (Å²) in [5.74, 6) is 0. The van der Waals surface area contributed by atoms with Crippen LogP contribution in [0, 0.1) is 0 Å². The number of nitrogens with two attached hydrogens (primary N) is 1. The lowest BCUT2D eigenvalue weighted by Crippen LogP contribution is -2.37. The Bertz CT molecular complexity index is 623. The summed E-state index contributed by atoms with van der Waals surface area (Å²) in [7, 11) is 4.27. The topological polar surface area (TPSA) is 52.8 Å². The maximum atomic E-state index is 12.6. The van der Waals surface area contributed by atoms with E-state index in [-0.39, 0.29) is 18.1 Å². The first kappa shape index (κ1) is 15.9.